The van der Waals surface area contributed by atoms with E-state index in [4.69, 9.17) is 21.1 Å². The molecule has 3 rings (SSSR count). The molecule has 0 radical (unpaired) electrons. The van der Waals surface area contributed by atoms with Crippen LogP contribution in [-0.4, -0.2) is 49.2 Å². The van der Waals surface area contributed by atoms with E-state index < -0.39 is 0 Å². The van der Waals surface area contributed by atoms with Crippen LogP contribution in [0.3, 0.4) is 0 Å². The van der Waals surface area contributed by atoms with Crippen molar-refractivity contribution in [1.29, 1.82) is 0 Å². The molecule has 1 aromatic rings. The summed E-state index contributed by atoms with van der Waals surface area (Å²) < 4.78 is 11.0. The highest BCUT2D eigenvalue weighted by Gasteiger charge is 2.23. The topological polar surface area (TPSA) is 50.8 Å². The lowest BCUT2D eigenvalue weighted by molar-refractivity contribution is -0.127. The van der Waals surface area contributed by atoms with Crippen molar-refractivity contribution in [3.8, 4) is 11.5 Å². The zero-order valence-electron chi connectivity index (χ0n) is 13.3. The van der Waals surface area contributed by atoms with E-state index in [0.29, 0.717) is 41.8 Å². The van der Waals surface area contributed by atoms with Gasteiger partial charge in [0.25, 0.3) is 0 Å². The Hall–Kier alpha value is -1.72. The van der Waals surface area contributed by atoms with Gasteiger partial charge in [-0.1, -0.05) is 11.6 Å². The predicted octanol–water partition coefficient (Wildman–Crippen LogP) is 2.33. The molecule has 1 aromatic carbocycles. The quantitative estimate of drug-likeness (QED) is 0.842. The summed E-state index contributed by atoms with van der Waals surface area (Å²) in [6, 6.07) is 4.23. The highest BCUT2D eigenvalue weighted by molar-refractivity contribution is 6.32. The molecule has 2 heterocycles. The SMILES string of the molecule is CC1CN(C(=O)/C=C/c2cc(Cl)c3c(c2)OCCO3)CC(C)N1. The lowest BCUT2D eigenvalue weighted by atomic mass is 10.1. The molecule has 0 aromatic heterocycles. The number of halogens is 1. The first kappa shape index (κ1) is 16.1. The molecule has 1 fully saturated rings. The van der Waals surface area contributed by atoms with Crippen LogP contribution < -0.4 is 14.8 Å². The molecule has 1 N–H and O–H groups in total. The van der Waals surface area contributed by atoms with Crippen LogP contribution >= 0.6 is 11.6 Å². The van der Waals surface area contributed by atoms with Crippen molar-refractivity contribution in [2.45, 2.75) is 25.9 Å². The van der Waals surface area contributed by atoms with Crippen LogP contribution in [0.2, 0.25) is 5.02 Å². The Balaban J connectivity index is 1.72. The lowest BCUT2D eigenvalue weighted by Crippen LogP contribution is -2.55. The van der Waals surface area contributed by atoms with Gasteiger partial charge in [0.1, 0.15) is 13.2 Å². The second kappa shape index (κ2) is 6.81. The van der Waals surface area contributed by atoms with Gasteiger partial charge in [-0.3, -0.25) is 4.79 Å². The summed E-state index contributed by atoms with van der Waals surface area (Å²) in [5.74, 6) is 1.21. The smallest absolute Gasteiger partial charge is 0.246 e. The number of hydrogen-bond acceptors (Lipinski definition) is 4. The van der Waals surface area contributed by atoms with E-state index in [9.17, 15) is 4.79 Å². The number of piperazine rings is 1. The van der Waals surface area contributed by atoms with Crippen LogP contribution in [0.25, 0.3) is 6.08 Å². The van der Waals surface area contributed by atoms with Gasteiger partial charge < -0.3 is 19.7 Å². The maximum absolute atomic E-state index is 12.4. The van der Waals surface area contributed by atoms with E-state index in [0.717, 1.165) is 18.7 Å². The van der Waals surface area contributed by atoms with E-state index >= 15 is 0 Å². The molecule has 1 amide bonds. The summed E-state index contributed by atoms with van der Waals surface area (Å²) in [6.07, 6.45) is 3.36. The summed E-state index contributed by atoms with van der Waals surface area (Å²) in [4.78, 5) is 14.2. The maximum Gasteiger partial charge on any atom is 0.246 e. The average molecular weight is 337 g/mol. The summed E-state index contributed by atoms with van der Waals surface area (Å²) >= 11 is 6.21. The van der Waals surface area contributed by atoms with Crippen LogP contribution in [0, 0.1) is 0 Å². The number of hydrogen-bond donors (Lipinski definition) is 1. The Bertz CT molecular complexity index is 623. The van der Waals surface area contributed by atoms with Gasteiger partial charge in [0.15, 0.2) is 11.5 Å². The largest absolute Gasteiger partial charge is 0.486 e. The number of carbonyl (C=O) groups excluding carboxylic acids is 1. The highest BCUT2D eigenvalue weighted by atomic mass is 35.5. The highest BCUT2D eigenvalue weighted by Crippen LogP contribution is 2.38. The molecular weight excluding hydrogens is 316 g/mol. The van der Waals surface area contributed by atoms with Gasteiger partial charge in [0.2, 0.25) is 5.91 Å². The van der Waals surface area contributed by atoms with Gasteiger partial charge in [0.05, 0.1) is 5.02 Å². The third kappa shape index (κ3) is 3.79. The molecule has 0 spiro atoms. The molecule has 2 unspecified atom stereocenters. The van der Waals surface area contributed by atoms with Crippen molar-refractivity contribution in [2.24, 2.45) is 0 Å². The second-order valence-electron chi connectivity index (χ2n) is 6.07. The Morgan fingerprint density at radius 1 is 1.26 bits per heavy atom. The summed E-state index contributed by atoms with van der Waals surface area (Å²) in [6.45, 7) is 6.61. The molecule has 2 atom stereocenters. The molecule has 0 saturated carbocycles. The number of fused-ring (bicyclic) bond motifs is 1. The van der Waals surface area contributed by atoms with E-state index in [1.807, 2.05) is 11.0 Å². The molecule has 2 aliphatic heterocycles. The van der Waals surface area contributed by atoms with Gasteiger partial charge in [-0.25, -0.2) is 0 Å². The minimum atomic E-state index is 0.0104. The molecule has 23 heavy (non-hydrogen) atoms. The van der Waals surface area contributed by atoms with Crippen LogP contribution in [0.15, 0.2) is 18.2 Å². The van der Waals surface area contributed by atoms with Crippen LogP contribution in [0.4, 0.5) is 0 Å². The Kier molecular flexibility index (Phi) is 4.78. The standard InChI is InChI=1S/C17H21ClN2O3/c1-11-9-20(10-12(2)19-11)16(21)4-3-13-7-14(18)17-15(8-13)22-5-6-23-17/h3-4,7-8,11-12,19H,5-6,9-10H2,1-2H3/b4-3+. The van der Waals surface area contributed by atoms with Crippen molar-refractivity contribution in [3.05, 3.63) is 28.8 Å². The number of nitrogens with zero attached hydrogens (tertiary/aromatic N) is 1. The molecule has 2 aliphatic rings. The van der Waals surface area contributed by atoms with Crippen molar-refractivity contribution < 1.29 is 14.3 Å². The number of nitrogens with one attached hydrogen (secondary N) is 1. The molecule has 0 bridgehead atoms. The maximum atomic E-state index is 12.4. The summed E-state index contributed by atoms with van der Waals surface area (Å²) in [5, 5.41) is 3.91. The Morgan fingerprint density at radius 3 is 2.70 bits per heavy atom. The van der Waals surface area contributed by atoms with E-state index in [-0.39, 0.29) is 5.91 Å². The number of rotatable bonds is 2. The number of carbonyl (C=O) groups is 1. The molecule has 6 heteroatoms. The van der Waals surface area contributed by atoms with Crippen LogP contribution in [0.5, 0.6) is 11.5 Å². The van der Waals surface area contributed by atoms with E-state index in [1.54, 1.807) is 18.2 Å². The van der Waals surface area contributed by atoms with Crippen LogP contribution in [-0.2, 0) is 4.79 Å². The predicted molar refractivity (Wildman–Crippen MR) is 90.1 cm³/mol. The fourth-order valence-corrected chi connectivity index (χ4v) is 3.28. The van der Waals surface area contributed by atoms with Gasteiger partial charge in [0, 0.05) is 31.2 Å². The Labute approximate surface area is 141 Å². The van der Waals surface area contributed by atoms with Crippen LogP contribution in [0.1, 0.15) is 19.4 Å². The average Bonchev–Trinajstić information content (AvgIpc) is 2.52. The summed E-state index contributed by atoms with van der Waals surface area (Å²) in [7, 11) is 0. The fraction of sp³-hybridized carbons (Fsp3) is 0.471. The van der Waals surface area contributed by atoms with Crippen molar-refractivity contribution >= 4 is 23.6 Å². The van der Waals surface area contributed by atoms with Crippen molar-refractivity contribution in [1.82, 2.24) is 10.2 Å². The third-order valence-corrected chi connectivity index (χ3v) is 4.19. The first-order chi connectivity index (χ1) is 11.0. The Morgan fingerprint density at radius 2 is 1.96 bits per heavy atom. The van der Waals surface area contributed by atoms with Gasteiger partial charge >= 0.3 is 0 Å². The minimum absolute atomic E-state index is 0.0104. The molecule has 5 nitrogen and oxygen atoms in total. The zero-order chi connectivity index (χ0) is 16.4. The van der Waals surface area contributed by atoms with Crippen molar-refractivity contribution in [2.75, 3.05) is 26.3 Å². The summed E-state index contributed by atoms with van der Waals surface area (Å²) in [5.41, 5.74) is 0.823. The first-order valence-electron chi connectivity index (χ1n) is 7.85. The zero-order valence-corrected chi connectivity index (χ0v) is 14.1. The third-order valence-electron chi connectivity index (χ3n) is 3.91. The van der Waals surface area contributed by atoms with E-state index in [1.165, 1.54) is 0 Å². The van der Waals surface area contributed by atoms with Gasteiger partial charge in [-0.2, -0.15) is 0 Å². The van der Waals surface area contributed by atoms with E-state index in [2.05, 4.69) is 19.2 Å². The molecule has 124 valence electrons. The number of ether oxygens (including phenoxy) is 2. The first-order valence-corrected chi connectivity index (χ1v) is 8.23. The molecule has 0 aliphatic carbocycles. The second-order valence-corrected chi connectivity index (χ2v) is 6.48. The molecule has 1 saturated heterocycles. The minimum Gasteiger partial charge on any atom is -0.486 e. The monoisotopic (exact) mass is 336 g/mol. The fourth-order valence-electron chi connectivity index (χ4n) is 3.01. The van der Waals surface area contributed by atoms with Crippen molar-refractivity contribution in [3.63, 3.8) is 0 Å². The molecular formula is C17H21ClN2O3. The van der Waals surface area contributed by atoms with Gasteiger partial charge in [-0.15, -0.1) is 0 Å². The van der Waals surface area contributed by atoms with Gasteiger partial charge in [-0.05, 0) is 37.6 Å². The normalized spacial score (nSPS) is 24.0. The number of benzene rings is 1. The number of amides is 1. The lowest BCUT2D eigenvalue weighted by Gasteiger charge is -2.35.